The highest BCUT2D eigenvalue weighted by Crippen LogP contribution is 2.46. The Morgan fingerprint density at radius 1 is 1.56 bits per heavy atom. The standard InChI is InChI=1S/C13H16BrNO3/c1-18-9-2-3-11(16)10(6-9)12(17)15-8-13(7-14)4-5-13/h2-3,6,16H,4-5,7-8H2,1H3,(H,15,17). The van der Waals surface area contributed by atoms with Gasteiger partial charge in [0, 0.05) is 11.9 Å². The average molecular weight is 314 g/mol. The summed E-state index contributed by atoms with van der Waals surface area (Å²) in [4.78, 5) is 12.0. The summed E-state index contributed by atoms with van der Waals surface area (Å²) in [5, 5.41) is 13.4. The fourth-order valence-electron chi connectivity index (χ4n) is 1.72. The van der Waals surface area contributed by atoms with Crippen molar-refractivity contribution in [1.29, 1.82) is 0 Å². The van der Waals surface area contributed by atoms with Gasteiger partial charge in [-0.05, 0) is 36.5 Å². The lowest BCUT2D eigenvalue weighted by Crippen LogP contribution is -2.30. The van der Waals surface area contributed by atoms with E-state index < -0.39 is 0 Å². The summed E-state index contributed by atoms with van der Waals surface area (Å²) in [6.07, 6.45) is 2.26. The summed E-state index contributed by atoms with van der Waals surface area (Å²) in [5.41, 5.74) is 0.462. The molecule has 0 spiro atoms. The average Bonchev–Trinajstić information content (AvgIpc) is 3.17. The van der Waals surface area contributed by atoms with Crippen LogP contribution in [0.25, 0.3) is 0 Å². The van der Waals surface area contributed by atoms with Crippen LogP contribution in [0, 0.1) is 5.41 Å². The summed E-state index contributed by atoms with van der Waals surface area (Å²) < 4.78 is 5.04. The molecule has 1 fully saturated rings. The molecule has 0 radical (unpaired) electrons. The molecule has 0 atom stereocenters. The molecule has 2 N–H and O–H groups in total. The van der Waals surface area contributed by atoms with Crippen molar-refractivity contribution in [2.75, 3.05) is 19.0 Å². The minimum Gasteiger partial charge on any atom is -0.507 e. The lowest BCUT2D eigenvalue weighted by Gasteiger charge is -2.13. The predicted octanol–water partition coefficient (Wildman–Crippen LogP) is 2.31. The number of alkyl halides is 1. The topological polar surface area (TPSA) is 58.6 Å². The molecule has 1 aromatic carbocycles. The molecule has 98 valence electrons. The maximum atomic E-state index is 12.0. The molecule has 1 aromatic rings. The molecule has 0 aromatic heterocycles. The van der Waals surface area contributed by atoms with Crippen LogP contribution in [-0.2, 0) is 0 Å². The monoisotopic (exact) mass is 313 g/mol. The highest BCUT2D eigenvalue weighted by atomic mass is 79.9. The Morgan fingerprint density at radius 3 is 2.83 bits per heavy atom. The van der Waals surface area contributed by atoms with Gasteiger partial charge in [0.15, 0.2) is 0 Å². The lowest BCUT2D eigenvalue weighted by atomic mass is 10.1. The molecule has 0 aliphatic heterocycles. The van der Waals surface area contributed by atoms with Gasteiger partial charge in [0.05, 0.1) is 12.7 Å². The van der Waals surface area contributed by atoms with E-state index in [9.17, 15) is 9.90 Å². The molecule has 18 heavy (non-hydrogen) atoms. The second-order valence-corrected chi connectivity index (χ2v) is 5.26. The Morgan fingerprint density at radius 2 is 2.28 bits per heavy atom. The Labute approximate surface area is 114 Å². The number of hydrogen-bond donors (Lipinski definition) is 2. The van der Waals surface area contributed by atoms with E-state index in [-0.39, 0.29) is 22.6 Å². The van der Waals surface area contributed by atoms with E-state index in [1.54, 1.807) is 12.1 Å². The fraction of sp³-hybridized carbons (Fsp3) is 0.462. The molecule has 0 bridgehead atoms. The van der Waals surface area contributed by atoms with E-state index >= 15 is 0 Å². The van der Waals surface area contributed by atoms with E-state index in [1.165, 1.54) is 13.2 Å². The van der Waals surface area contributed by atoms with Gasteiger partial charge in [-0.1, -0.05) is 15.9 Å². The Kier molecular flexibility index (Phi) is 3.80. The number of benzene rings is 1. The fourth-order valence-corrected chi connectivity index (χ4v) is 2.48. The van der Waals surface area contributed by atoms with Crippen LogP contribution in [0.2, 0.25) is 0 Å². The summed E-state index contributed by atoms with van der Waals surface area (Å²) in [7, 11) is 1.53. The number of halogens is 1. The second-order valence-electron chi connectivity index (χ2n) is 4.70. The van der Waals surface area contributed by atoms with Crippen molar-refractivity contribution in [2.24, 2.45) is 5.41 Å². The minimum absolute atomic E-state index is 0.0306. The zero-order valence-electron chi connectivity index (χ0n) is 10.2. The van der Waals surface area contributed by atoms with Gasteiger partial charge in [-0.25, -0.2) is 0 Å². The number of ether oxygens (including phenoxy) is 1. The van der Waals surface area contributed by atoms with E-state index in [1.807, 2.05) is 0 Å². The van der Waals surface area contributed by atoms with Crippen LogP contribution in [0.15, 0.2) is 18.2 Å². The zero-order valence-corrected chi connectivity index (χ0v) is 11.8. The van der Waals surface area contributed by atoms with Crippen molar-refractivity contribution in [2.45, 2.75) is 12.8 Å². The normalized spacial score (nSPS) is 16.1. The smallest absolute Gasteiger partial charge is 0.255 e. The number of phenols is 1. The highest BCUT2D eigenvalue weighted by molar-refractivity contribution is 9.09. The van der Waals surface area contributed by atoms with Crippen molar-refractivity contribution in [1.82, 2.24) is 5.32 Å². The van der Waals surface area contributed by atoms with Gasteiger partial charge in [0.1, 0.15) is 11.5 Å². The second kappa shape index (κ2) is 5.18. The molecule has 1 aliphatic carbocycles. The summed E-state index contributed by atoms with van der Waals surface area (Å²) in [5.74, 6) is 0.259. The maximum absolute atomic E-state index is 12.0. The number of carbonyl (C=O) groups is 1. The number of carbonyl (C=O) groups excluding carboxylic acids is 1. The van der Waals surface area contributed by atoms with E-state index in [2.05, 4.69) is 21.2 Å². The Balaban J connectivity index is 2.04. The van der Waals surface area contributed by atoms with Gasteiger partial charge in [-0.2, -0.15) is 0 Å². The van der Waals surface area contributed by atoms with Crippen molar-refractivity contribution in [3.05, 3.63) is 23.8 Å². The maximum Gasteiger partial charge on any atom is 0.255 e. The first-order chi connectivity index (χ1) is 8.60. The molecule has 0 saturated heterocycles. The van der Waals surface area contributed by atoms with Crippen LogP contribution in [0.1, 0.15) is 23.2 Å². The largest absolute Gasteiger partial charge is 0.507 e. The van der Waals surface area contributed by atoms with Gasteiger partial charge < -0.3 is 15.2 Å². The number of aromatic hydroxyl groups is 1. The first-order valence-corrected chi connectivity index (χ1v) is 6.93. The van der Waals surface area contributed by atoms with Gasteiger partial charge in [-0.3, -0.25) is 4.79 Å². The van der Waals surface area contributed by atoms with Crippen LogP contribution in [-0.4, -0.2) is 30.0 Å². The highest BCUT2D eigenvalue weighted by Gasteiger charge is 2.41. The number of nitrogens with one attached hydrogen (secondary N) is 1. The molecular formula is C13H16BrNO3. The van der Waals surface area contributed by atoms with E-state index in [0.29, 0.717) is 12.3 Å². The third kappa shape index (κ3) is 2.77. The lowest BCUT2D eigenvalue weighted by molar-refractivity contribution is 0.0943. The Bertz CT molecular complexity index is 458. The molecule has 0 unspecified atom stereocenters. The number of rotatable bonds is 5. The molecule has 1 aliphatic rings. The van der Waals surface area contributed by atoms with Crippen molar-refractivity contribution in [3.8, 4) is 11.5 Å². The van der Waals surface area contributed by atoms with Crippen LogP contribution >= 0.6 is 15.9 Å². The van der Waals surface area contributed by atoms with Crippen LogP contribution < -0.4 is 10.1 Å². The van der Waals surface area contributed by atoms with Crippen LogP contribution in [0.3, 0.4) is 0 Å². The zero-order chi connectivity index (χ0) is 13.2. The number of amides is 1. The number of methoxy groups -OCH3 is 1. The van der Waals surface area contributed by atoms with Gasteiger partial charge >= 0.3 is 0 Å². The summed E-state index contributed by atoms with van der Waals surface area (Å²) in [6, 6.07) is 4.62. The first kappa shape index (κ1) is 13.2. The first-order valence-electron chi connectivity index (χ1n) is 5.81. The molecular weight excluding hydrogens is 298 g/mol. The van der Waals surface area contributed by atoms with E-state index in [0.717, 1.165) is 18.2 Å². The summed E-state index contributed by atoms with van der Waals surface area (Å²) in [6.45, 7) is 0.633. The third-order valence-corrected chi connectivity index (χ3v) is 4.50. The van der Waals surface area contributed by atoms with Crippen LogP contribution in [0.5, 0.6) is 11.5 Å². The Hall–Kier alpha value is -1.23. The molecule has 5 heteroatoms. The van der Waals surface area contributed by atoms with Crippen molar-refractivity contribution in [3.63, 3.8) is 0 Å². The van der Waals surface area contributed by atoms with E-state index in [4.69, 9.17) is 4.74 Å². The number of hydrogen-bond acceptors (Lipinski definition) is 3. The van der Waals surface area contributed by atoms with Crippen molar-refractivity contribution >= 4 is 21.8 Å². The molecule has 0 heterocycles. The quantitative estimate of drug-likeness (QED) is 0.820. The predicted molar refractivity (Wildman–Crippen MR) is 72.5 cm³/mol. The van der Waals surface area contributed by atoms with Gasteiger partial charge in [-0.15, -0.1) is 0 Å². The molecule has 1 amide bonds. The van der Waals surface area contributed by atoms with Crippen LogP contribution in [0.4, 0.5) is 0 Å². The molecule has 2 rings (SSSR count). The van der Waals surface area contributed by atoms with Gasteiger partial charge in [0.2, 0.25) is 0 Å². The third-order valence-electron chi connectivity index (χ3n) is 3.31. The molecule has 1 saturated carbocycles. The SMILES string of the molecule is COc1ccc(O)c(C(=O)NCC2(CBr)CC2)c1. The minimum atomic E-state index is -0.265. The van der Waals surface area contributed by atoms with Crippen molar-refractivity contribution < 1.29 is 14.6 Å². The van der Waals surface area contributed by atoms with Gasteiger partial charge in [0.25, 0.3) is 5.91 Å². The number of phenolic OH excluding ortho intramolecular Hbond substituents is 1. The molecule has 4 nitrogen and oxygen atoms in total. The summed E-state index contributed by atoms with van der Waals surface area (Å²) >= 11 is 3.46.